The van der Waals surface area contributed by atoms with Gasteiger partial charge in [0.1, 0.15) is 5.54 Å². The summed E-state index contributed by atoms with van der Waals surface area (Å²) < 4.78 is 0. The first-order valence-corrected chi connectivity index (χ1v) is 9.10. The predicted molar refractivity (Wildman–Crippen MR) is 92.0 cm³/mol. The standard InChI is InChI=1S/C19H23N3O3/c23-16(15-9-5-11-20-15)12-22-17(24)19(21-18(22)25)10-4-3-7-13-6-1-2-8-14(13)19/h1-2,6,8,15,20H,3-5,7,9-12H2,(H,21,25). The maximum atomic E-state index is 13.2. The normalized spacial score (nSPS) is 28.8. The molecule has 2 N–H and O–H groups in total. The molecule has 2 fully saturated rings. The summed E-state index contributed by atoms with van der Waals surface area (Å²) in [6, 6.07) is 7.14. The molecule has 2 atom stereocenters. The van der Waals surface area contributed by atoms with E-state index in [1.54, 1.807) is 0 Å². The van der Waals surface area contributed by atoms with Crippen LogP contribution in [0.15, 0.2) is 24.3 Å². The van der Waals surface area contributed by atoms with Crippen LogP contribution in [0.5, 0.6) is 0 Å². The molecular formula is C19H23N3O3. The Bertz CT molecular complexity index is 726. The minimum atomic E-state index is -1.01. The first-order valence-electron chi connectivity index (χ1n) is 9.10. The fraction of sp³-hybridized carbons (Fsp3) is 0.526. The van der Waals surface area contributed by atoms with Gasteiger partial charge in [-0.05, 0) is 56.2 Å². The quantitative estimate of drug-likeness (QED) is 0.817. The van der Waals surface area contributed by atoms with E-state index in [1.165, 1.54) is 0 Å². The van der Waals surface area contributed by atoms with Gasteiger partial charge in [-0.3, -0.25) is 14.5 Å². The zero-order valence-electron chi connectivity index (χ0n) is 14.2. The zero-order valence-corrected chi connectivity index (χ0v) is 14.2. The molecule has 1 spiro atoms. The van der Waals surface area contributed by atoms with Crippen LogP contribution in [0.4, 0.5) is 4.79 Å². The van der Waals surface area contributed by atoms with Gasteiger partial charge < -0.3 is 10.6 Å². The molecule has 0 saturated carbocycles. The summed E-state index contributed by atoms with van der Waals surface area (Å²) in [7, 11) is 0. The molecule has 1 aromatic carbocycles. The van der Waals surface area contributed by atoms with Crippen molar-refractivity contribution in [1.29, 1.82) is 0 Å². The van der Waals surface area contributed by atoms with Crippen LogP contribution >= 0.6 is 0 Å². The van der Waals surface area contributed by atoms with E-state index in [0.717, 1.165) is 54.7 Å². The van der Waals surface area contributed by atoms with Crippen molar-refractivity contribution in [1.82, 2.24) is 15.5 Å². The zero-order chi connectivity index (χ0) is 17.4. The molecule has 3 aliphatic rings. The van der Waals surface area contributed by atoms with Gasteiger partial charge in [0, 0.05) is 0 Å². The summed E-state index contributed by atoms with van der Waals surface area (Å²) in [5.41, 5.74) is 0.993. The van der Waals surface area contributed by atoms with Crippen LogP contribution in [0.25, 0.3) is 0 Å². The molecule has 2 saturated heterocycles. The van der Waals surface area contributed by atoms with E-state index in [-0.39, 0.29) is 24.3 Å². The van der Waals surface area contributed by atoms with Crippen LogP contribution in [0.2, 0.25) is 0 Å². The Morgan fingerprint density at radius 1 is 1.20 bits per heavy atom. The molecule has 6 nitrogen and oxygen atoms in total. The molecule has 1 aliphatic carbocycles. The molecule has 2 unspecified atom stereocenters. The smallest absolute Gasteiger partial charge is 0.319 e. The highest BCUT2D eigenvalue weighted by atomic mass is 16.2. The lowest BCUT2D eigenvalue weighted by molar-refractivity contribution is -0.135. The molecule has 6 heteroatoms. The van der Waals surface area contributed by atoms with Gasteiger partial charge in [0.25, 0.3) is 5.91 Å². The number of carbonyl (C=O) groups is 3. The molecule has 25 heavy (non-hydrogen) atoms. The van der Waals surface area contributed by atoms with E-state index in [0.29, 0.717) is 6.42 Å². The molecule has 2 aliphatic heterocycles. The van der Waals surface area contributed by atoms with Gasteiger partial charge in [0.2, 0.25) is 0 Å². The van der Waals surface area contributed by atoms with Crippen molar-refractivity contribution in [2.75, 3.05) is 13.1 Å². The second kappa shape index (κ2) is 6.26. The lowest BCUT2D eigenvalue weighted by Gasteiger charge is -2.27. The molecule has 4 rings (SSSR count). The van der Waals surface area contributed by atoms with Crippen LogP contribution in [0.3, 0.4) is 0 Å². The monoisotopic (exact) mass is 341 g/mol. The third-order valence-corrected chi connectivity index (χ3v) is 5.66. The number of hydrogen-bond acceptors (Lipinski definition) is 4. The van der Waals surface area contributed by atoms with Crippen molar-refractivity contribution in [3.63, 3.8) is 0 Å². The summed E-state index contributed by atoms with van der Waals surface area (Å²) in [6.07, 6.45) is 5.08. The number of amides is 3. The molecule has 2 heterocycles. The highest BCUT2D eigenvalue weighted by molar-refractivity contribution is 6.10. The van der Waals surface area contributed by atoms with Crippen LogP contribution in [0, 0.1) is 0 Å². The number of carbonyl (C=O) groups excluding carboxylic acids is 3. The van der Waals surface area contributed by atoms with Crippen molar-refractivity contribution in [2.45, 2.75) is 50.1 Å². The highest BCUT2D eigenvalue weighted by Crippen LogP contribution is 2.38. The average molecular weight is 341 g/mol. The maximum absolute atomic E-state index is 13.2. The fourth-order valence-corrected chi connectivity index (χ4v) is 4.34. The van der Waals surface area contributed by atoms with E-state index in [9.17, 15) is 14.4 Å². The van der Waals surface area contributed by atoms with Gasteiger partial charge in [-0.15, -0.1) is 0 Å². The van der Waals surface area contributed by atoms with Gasteiger partial charge in [0.15, 0.2) is 5.78 Å². The Morgan fingerprint density at radius 2 is 2.04 bits per heavy atom. The largest absolute Gasteiger partial charge is 0.325 e. The summed E-state index contributed by atoms with van der Waals surface area (Å²) >= 11 is 0. The van der Waals surface area contributed by atoms with E-state index < -0.39 is 11.6 Å². The number of aryl methyl sites for hydroxylation is 1. The summed E-state index contributed by atoms with van der Waals surface area (Å²) in [4.78, 5) is 39.3. The second-order valence-corrected chi connectivity index (χ2v) is 7.21. The number of hydrogen-bond donors (Lipinski definition) is 2. The molecular weight excluding hydrogens is 318 g/mol. The summed E-state index contributed by atoms with van der Waals surface area (Å²) in [5.74, 6) is -0.363. The number of benzene rings is 1. The van der Waals surface area contributed by atoms with Crippen LogP contribution in [-0.4, -0.2) is 41.8 Å². The highest BCUT2D eigenvalue weighted by Gasteiger charge is 2.53. The van der Waals surface area contributed by atoms with Gasteiger partial charge >= 0.3 is 6.03 Å². The Kier molecular flexibility index (Phi) is 4.07. The Labute approximate surface area is 147 Å². The van der Waals surface area contributed by atoms with Gasteiger partial charge in [-0.25, -0.2) is 4.79 Å². The average Bonchev–Trinajstić information content (AvgIpc) is 3.18. The molecule has 0 radical (unpaired) electrons. The molecule has 1 aromatic rings. The molecule has 0 bridgehead atoms. The van der Waals surface area contributed by atoms with E-state index in [2.05, 4.69) is 10.6 Å². The molecule has 3 amide bonds. The molecule has 132 valence electrons. The minimum Gasteiger partial charge on any atom is -0.319 e. The van der Waals surface area contributed by atoms with Gasteiger partial charge in [0.05, 0.1) is 12.6 Å². The van der Waals surface area contributed by atoms with Crippen LogP contribution in [0.1, 0.15) is 43.2 Å². The SMILES string of the molecule is O=C(CN1C(=O)NC2(CCCCc3ccccc32)C1=O)C1CCCN1. The van der Waals surface area contributed by atoms with Crippen molar-refractivity contribution in [3.8, 4) is 0 Å². The number of Topliss-reactive ketones (excluding diaryl/α,β-unsaturated/α-hetero) is 1. The first-order chi connectivity index (χ1) is 12.1. The number of imide groups is 1. The predicted octanol–water partition coefficient (Wildman–Crippen LogP) is 1.48. The minimum absolute atomic E-state index is 0.0834. The topological polar surface area (TPSA) is 78.5 Å². The van der Waals surface area contributed by atoms with Crippen molar-refractivity contribution in [3.05, 3.63) is 35.4 Å². The number of fused-ring (bicyclic) bond motifs is 2. The Morgan fingerprint density at radius 3 is 2.84 bits per heavy atom. The van der Waals surface area contributed by atoms with E-state index >= 15 is 0 Å². The van der Waals surface area contributed by atoms with Gasteiger partial charge in [-0.1, -0.05) is 24.3 Å². The molecule has 0 aromatic heterocycles. The maximum Gasteiger partial charge on any atom is 0.325 e. The number of ketones is 1. The number of rotatable bonds is 3. The summed E-state index contributed by atoms with van der Waals surface area (Å²) in [6.45, 7) is 0.667. The second-order valence-electron chi connectivity index (χ2n) is 7.21. The third-order valence-electron chi connectivity index (χ3n) is 5.66. The van der Waals surface area contributed by atoms with Crippen molar-refractivity contribution in [2.24, 2.45) is 0 Å². The lowest BCUT2D eigenvalue weighted by atomic mass is 9.84. The van der Waals surface area contributed by atoms with Crippen molar-refractivity contribution < 1.29 is 14.4 Å². The number of urea groups is 1. The fourth-order valence-electron chi connectivity index (χ4n) is 4.34. The van der Waals surface area contributed by atoms with Crippen LogP contribution in [-0.2, 0) is 21.5 Å². The van der Waals surface area contributed by atoms with Crippen molar-refractivity contribution >= 4 is 17.7 Å². The Hall–Kier alpha value is -2.21. The third kappa shape index (κ3) is 2.65. The Balaban J connectivity index is 1.63. The summed E-state index contributed by atoms with van der Waals surface area (Å²) in [5, 5.41) is 6.06. The van der Waals surface area contributed by atoms with E-state index in [4.69, 9.17) is 0 Å². The number of nitrogens with one attached hydrogen (secondary N) is 2. The van der Waals surface area contributed by atoms with Gasteiger partial charge in [-0.2, -0.15) is 0 Å². The first kappa shape index (κ1) is 16.3. The van der Waals surface area contributed by atoms with E-state index in [1.807, 2.05) is 24.3 Å². The van der Waals surface area contributed by atoms with Crippen LogP contribution < -0.4 is 10.6 Å². The number of nitrogens with zero attached hydrogens (tertiary/aromatic N) is 1. The lowest BCUT2D eigenvalue weighted by Crippen LogP contribution is -2.45.